The summed E-state index contributed by atoms with van der Waals surface area (Å²) in [7, 11) is 0. The number of aliphatic hydroxyl groups excluding tert-OH is 2. The fraction of sp³-hybridized carbons (Fsp3) is 0.625. The van der Waals surface area contributed by atoms with Gasteiger partial charge in [0.15, 0.2) is 0 Å². The summed E-state index contributed by atoms with van der Waals surface area (Å²) in [6.45, 7) is 7.11. The van der Waals surface area contributed by atoms with Crippen molar-refractivity contribution in [2.24, 2.45) is 0 Å². The van der Waals surface area contributed by atoms with E-state index >= 15 is 0 Å². The Hall–Kier alpha value is -1.10. The second-order valence-electron chi connectivity index (χ2n) is 5.42. The molecule has 0 saturated carbocycles. The van der Waals surface area contributed by atoms with Crippen LogP contribution in [0.2, 0.25) is 0 Å². The molecule has 0 bridgehead atoms. The van der Waals surface area contributed by atoms with Gasteiger partial charge in [-0.25, -0.2) is 0 Å². The topological polar surface area (TPSA) is 46.9 Å². The number of hydrogen-bond donors (Lipinski definition) is 2. The maximum atomic E-state index is 9.83. The van der Waals surface area contributed by atoms with Crippen molar-refractivity contribution in [2.45, 2.75) is 25.9 Å². The summed E-state index contributed by atoms with van der Waals surface area (Å²) >= 11 is 0. The van der Waals surface area contributed by atoms with Crippen molar-refractivity contribution >= 4 is 5.69 Å². The quantitative estimate of drug-likeness (QED) is 0.859. The Morgan fingerprint density at radius 3 is 2.50 bits per heavy atom. The van der Waals surface area contributed by atoms with Gasteiger partial charge < -0.3 is 15.1 Å². The zero-order chi connectivity index (χ0) is 14.4. The first-order chi connectivity index (χ1) is 9.74. The number of aliphatic hydroxyl groups is 2. The van der Waals surface area contributed by atoms with E-state index in [1.807, 2.05) is 19.1 Å². The first-order valence-corrected chi connectivity index (χ1v) is 7.60. The normalized spacial score (nSPS) is 18.9. The van der Waals surface area contributed by atoms with Crippen molar-refractivity contribution in [1.82, 2.24) is 4.90 Å². The Labute approximate surface area is 121 Å². The van der Waals surface area contributed by atoms with E-state index in [-0.39, 0.29) is 12.7 Å². The molecule has 0 aromatic heterocycles. The molecule has 0 unspecified atom stereocenters. The average molecular weight is 278 g/mol. The SMILES string of the molecule is CC[C@H](O)c1ccc(N2CCCN(CCO)CC2)cc1. The van der Waals surface area contributed by atoms with E-state index < -0.39 is 0 Å². The van der Waals surface area contributed by atoms with Crippen LogP contribution in [0.5, 0.6) is 0 Å². The Balaban J connectivity index is 1.97. The highest BCUT2D eigenvalue weighted by Gasteiger charge is 2.15. The van der Waals surface area contributed by atoms with Crippen molar-refractivity contribution in [2.75, 3.05) is 44.2 Å². The van der Waals surface area contributed by atoms with E-state index in [1.165, 1.54) is 5.69 Å². The number of nitrogens with zero attached hydrogens (tertiary/aromatic N) is 2. The van der Waals surface area contributed by atoms with E-state index in [9.17, 15) is 5.11 Å². The lowest BCUT2D eigenvalue weighted by Crippen LogP contribution is -2.32. The minimum atomic E-state index is -0.353. The molecule has 1 heterocycles. The van der Waals surface area contributed by atoms with E-state index in [0.29, 0.717) is 0 Å². The Morgan fingerprint density at radius 2 is 1.85 bits per heavy atom. The lowest BCUT2D eigenvalue weighted by Gasteiger charge is -2.24. The van der Waals surface area contributed by atoms with E-state index in [2.05, 4.69) is 21.9 Å². The lowest BCUT2D eigenvalue weighted by atomic mass is 10.1. The van der Waals surface area contributed by atoms with Gasteiger partial charge in [-0.1, -0.05) is 19.1 Å². The predicted octanol–water partition coefficient (Wildman–Crippen LogP) is 1.63. The molecular weight excluding hydrogens is 252 g/mol. The van der Waals surface area contributed by atoms with Crippen molar-refractivity contribution in [1.29, 1.82) is 0 Å². The molecule has 1 aromatic rings. The molecule has 1 saturated heterocycles. The molecule has 1 aromatic carbocycles. The fourth-order valence-corrected chi connectivity index (χ4v) is 2.74. The average Bonchev–Trinajstić information content (AvgIpc) is 2.73. The molecule has 0 radical (unpaired) electrons. The third kappa shape index (κ3) is 3.95. The molecule has 4 heteroatoms. The first kappa shape index (κ1) is 15.3. The van der Waals surface area contributed by atoms with Gasteiger partial charge in [0.25, 0.3) is 0 Å². The van der Waals surface area contributed by atoms with Gasteiger partial charge >= 0.3 is 0 Å². The molecule has 1 fully saturated rings. The molecule has 1 aliphatic rings. The molecule has 2 rings (SSSR count). The molecule has 4 nitrogen and oxygen atoms in total. The van der Waals surface area contributed by atoms with E-state index in [1.54, 1.807) is 0 Å². The van der Waals surface area contributed by atoms with Crippen molar-refractivity contribution < 1.29 is 10.2 Å². The smallest absolute Gasteiger partial charge is 0.0787 e. The second-order valence-corrected chi connectivity index (χ2v) is 5.42. The van der Waals surface area contributed by atoms with E-state index in [4.69, 9.17) is 5.11 Å². The number of rotatable bonds is 5. The van der Waals surface area contributed by atoms with Crippen molar-refractivity contribution in [3.05, 3.63) is 29.8 Å². The molecule has 0 amide bonds. The zero-order valence-corrected chi connectivity index (χ0v) is 12.3. The van der Waals surface area contributed by atoms with Crippen LogP contribution in [-0.2, 0) is 0 Å². The van der Waals surface area contributed by atoms with Crippen LogP contribution in [0.4, 0.5) is 5.69 Å². The van der Waals surface area contributed by atoms with Crippen LogP contribution in [0.15, 0.2) is 24.3 Å². The summed E-state index contributed by atoms with van der Waals surface area (Å²) in [6, 6.07) is 8.27. The maximum absolute atomic E-state index is 9.83. The number of benzene rings is 1. The Kier molecular flexibility index (Phi) is 5.83. The van der Waals surface area contributed by atoms with Crippen LogP contribution in [0, 0.1) is 0 Å². The van der Waals surface area contributed by atoms with Gasteiger partial charge in [-0.2, -0.15) is 0 Å². The van der Waals surface area contributed by atoms with Crippen LogP contribution in [-0.4, -0.2) is 54.4 Å². The van der Waals surface area contributed by atoms with Gasteiger partial charge in [-0.3, -0.25) is 4.90 Å². The van der Waals surface area contributed by atoms with Gasteiger partial charge in [0.2, 0.25) is 0 Å². The van der Waals surface area contributed by atoms with Crippen molar-refractivity contribution in [3.8, 4) is 0 Å². The molecule has 112 valence electrons. The summed E-state index contributed by atoms with van der Waals surface area (Å²) < 4.78 is 0. The monoisotopic (exact) mass is 278 g/mol. The summed E-state index contributed by atoms with van der Waals surface area (Å²) in [4.78, 5) is 4.70. The molecule has 1 atom stereocenters. The van der Waals surface area contributed by atoms with Gasteiger partial charge in [-0.05, 0) is 37.1 Å². The predicted molar refractivity (Wildman–Crippen MR) is 82.0 cm³/mol. The van der Waals surface area contributed by atoms with Crippen LogP contribution < -0.4 is 4.90 Å². The summed E-state index contributed by atoms with van der Waals surface area (Å²) in [5, 5.41) is 18.8. The van der Waals surface area contributed by atoms with Gasteiger partial charge in [0, 0.05) is 31.9 Å². The van der Waals surface area contributed by atoms with Crippen LogP contribution in [0.1, 0.15) is 31.4 Å². The molecule has 2 N–H and O–H groups in total. The minimum absolute atomic E-state index is 0.240. The van der Waals surface area contributed by atoms with Gasteiger partial charge in [0.1, 0.15) is 0 Å². The largest absolute Gasteiger partial charge is 0.395 e. The third-order valence-corrected chi connectivity index (χ3v) is 4.03. The van der Waals surface area contributed by atoms with E-state index in [0.717, 1.165) is 51.1 Å². The fourth-order valence-electron chi connectivity index (χ4n) is 2.74. The summed E-state index contributed by atoms with van der Waals surface area (Å²) in [5.74, 6) is 0. The zero-order valence-electron chi connectivity index (χ0n) is 12.3. The lowest BCUT2D eigenvalue weighted by molar-refractivity contribution is 0.173. The first-order valence-electron chi connectivity index (χ1n) is 7.60. The minimum Gasteiger partial charge on any atom is -0.395 e. The number of hydrogen-bond acceptors (Lipinski definition) is 4. The maximum Gasteiger partial charge on any atom is 0.0787 e. The van der Waals surface area contributed by atoms with Crippen LogP contribution in [0.25, 0.3) is 0 Å². The highest BCUT2D eigenvalue weighted by atomic mass is 16.3. The Morgan fingerprint density at radius 1 is 1.10 bits per heavy atom. The highest BCUT2D eigenvalue weighted by molar-refractivity contribution is 5.48. The van der Waals surface area contributed by atoms with Crippen LogP contribution in [0.3, 0.4) is 0 Å². The van der Waals surface area contributed by atoms with Crippen molar-refractivity contribution in [3.63, 3.8) is 0 Å². The highest BCUT2D eigenvalue weighted by Crippen LogP contribution is 2.22. The molecule has 0 aliphatic carbocycles. The second kappa shape index (κ2) is 7.62. The molecule has 1 aliphatic heterocycles. The molecular formula is C16H26N2O2. The molecule has 20 heavy (non-hydrogen) atoms. The standard InChI is InChI=1S/C16H26N2O2/c1-2-16(20)14-4-6-15(7-5-14)18-9-3-8-17(10-11-18)12-13-19/h4-7,16,19-20H,2-3,8-13H2,1H3/t16-/m0/s1. The molecule has 0 spiro atoms. The van der Waals surface area contributed by atoms with Crippen LogP contribution >= 0.6 is 0 Å². The summed E-state index contributed by atoms with van der Waals surface area (Å²) in [6.07, 6.45) is 1.52. The summed E-state index contributed by atoms with van der Waals surface area (Å²) in [5.41, 5.74) is 2.22. The van der Waals surface area contributed by atoms with Gasteiger partial charge in [-0.15, -0.1) is 0 Å². The van der Waals surface area contributed by atoms with Gasteiger partial charge in [0.05, 0.1) is 12.7 Å². The number of β-amino-alcohol motifs (C(OH)–C–C–N with tert-alkyl or cyclic N) is 1. The Bertz CT molecular complexity index is 394. The number of anilines is 1. The third-order valence-electron chi connectivity index (χ3n) is 4.03.